The minimum absolute atomic E-state index is 0. The van der Waals surface area contributed by atoms with Gasteiger partial charge in [0.05, 0.1) is 10.1 Å². The van der Waals surface area contributed by atoms with Crippen molar-refractivity contribution in [1.82, 2.24) is 0 Å². The molecule has 0 amide bonds. The second kappa shape index (κ2) is 8.12. The van der Waals surface area contributed by atoms with Crippen molar-refractivity contribution >= 4 is 10.1 Å². The molecule has 0 unspecified atom stereocenters. The van der Waals surface area contributed by atoms with E-state index in [1.807, 2.05) is 0 Å². The first kappa shape index (κ1) is 15.0. The monoisotopic (exact) mass is 205 g/mol. The van der Waals surface area contributed by atoms with Gasteiger partial charge in [0.25, 0.3) is 0 Å². The van der Waals surface area contributed by atoms with Gasteiger partial charge in [0.1, 0.15) is 0 Å². The van der Waals surface area contributed by atoms with Crippen LogP contribution in [0.15, 0.2) is 0 Å². The van der Waals surface area contributed by atoms with E-state index in [9.17, 15) is 13.0 Å². The molecule has 62 valence electrons. The van der Waals surface area contributed by atoms with Crippen LogP contribution in [0.25, 0.3) is 0 Å². The molecule has 0 saturated heterocycles. The molecule has 0 spiro atoms. The van der Waals surface area contributed by atoms with Crippen LogP contribution in [0.3, 0.4) is 0 Å². The minimum Gasteiger partial charge on any atom is -0.748 e. The van der Waals surface area contributed by atoms with Gasteiger partial charge in [0, 0.05) is 5.75 Å². The van der Waals surface area contributed by atoms with Crippen molar-refractivity contribution < 1.29 is 64.4 Å². The maximum Gasteiger partial charge on any atom is 1.00 e. The Morgan fingerprint density at radius 1 is 1.18 bits per heavy atom. The fourth-order valence-corrected chi connectivity index (χ4v) is 1.16. The van der Waals surface area contributed by atoms with E-state index in [1.165, 1.54) is 0 Å². The Morgan fingerprint density at radius 3 is 2.09 bits per heavy atom. The van der Waals surface area contributed by atoms with E-state index >= 15 is 0 Å². The third kappa shape index (κ3) is 14.4. The summed E-state index contributed by atoms with van der Waals surface area (Å²) in [4.78, 5) is 0. The van der Waals surface area contributed by atoms with Gasteiger partial charge in [-0.2, -0.15) is 0 Å². The van der Waals surface area contributed by atoms with Gasteiger partial charge in [-0.15, -0.1) is 0 Å². The molecule has 0 aliphatic carbocycles. The van der Waals surface area contributed by atoms with Crippen LogP contribution in [0, 0.1) is 0 Å². The van der Waals surface area contributed by atoms with Gasteiger partial charge in [-0.05, 0) is 19.4 Å². The SMILES string of the molecule is NCCCCCS(=O)(=O)[O-].[K+]. The molecular formula is C5H12KNO3S. The molecule has 0 aromatic heterocycles. The molecule has 6 heteroatoms. The first-order valence-corrected chi connectivity index (χ1v) is 4.77. The Morgan fingerprint density at radius 2 is 1.73 bits per heavy atom. The Bertz CT molecular complexity index is 169. The molecule has 0 saturated carbocycles. The van der Waals surface area contributed by atoms with E-state index in [1.54, 1.807) is 0 Å². The predicted octanol–water partition coefficient (Wildman–Crippen LogP) is -3.34. The third-order valence-corrected chi connectivity index (χ3v) is 1.89. The Labute approximate surface area is 110 Å². The smallest absolute Gasteiger partial charge is 0.748 e. The van der Waals surface area contributed by atoms with Gasteiger partial charge < -0.3 is 10.3 Å². The summed E-state index contributed by atoms with van der Waals surface area (Å²) in [5.74, 6) is -0.257. The second-order valence-electron chi connectivity index (χ2n) is 2.11. The van der Waals surface area contributed by atoms with Gasteiger partial charge >= 0.3 is 51.4 Å². The topological polar surface area (TPSA) is 83.2 Å². The van der Waals surface area contributed by atoms with Crippen LogP contribution in [0.5, 0.6) is 0 Å². The van der Waals surface area contributed by atoms with Crippen molar-refractivity contribution in [2.45, 2.75) is 19.3 Å². The summed E-state index contributed by atoms with van der Waals surface area (Å²) in [5.41, 5.74) is 5.15. The average molecular weight is 205 g/mol. The summed E-state index contributed by atoms with van der Waals surface area (Å²) in [7, 11) is -4.00. The molecule has 0 rings (SSSR count). The number of hydrogen-bond donors (Lipinski definition) is 1. The van der Waals surface area contributed by atoms with Crippen molar-refractivity contribution in [2.24, 2.45) is 5.73 Å². The largest absolute Gasteiger partial charge is 1.00 e. The molecule has 11 heavy (non-hydrogen) atoms. The fraction of sp³-hybridized carbons (Fsp3) is 1.00. The molecule has 0 fully saturated rings. The van der Waals surface area contributed by atoms with E-state index in [2.05, 4.69) is 0 Å². The quantitative estimate of drug-likeness (QED) is 0.289. The molecule has 0 radical (unpaired) electrons. The summed E-state index contributed by atoms with van der Waals surface area (Å²) in [6.45, 7) is 0.554. The Hall–Kier alpha value is 1.51. The average Bonchev–Trinajstić information content (AvgIpc) is 1.78. The van der Waals surface area contributed by atoms with Gasteiger partial charge in [0.2, 0.25) is 0 Å². The molecule has 4 nitrogen and oxygen atoms in total. The molecule has 0 aromatic rings. The summed E-state index contributed by atoms with van der Waals surface area (Å²) >= 11 is 0. The van der Waals surface area contributed by atoms with Gasteiger partial charge in [0.15, 0.2) is 0 Å². The van der Waals surface area contributed by atoms with Crippen molar-refractivity contribution in [3.63, 3.8) is 0 Å². The van der Waals surface area contributed by atoms with E-state index in [-0.39, 0.29) is 57.1 Å². The van der Waals surface area contributed by atoms with Crippen molar-refractivity contribution in [3.05, 3.63) is 0 Å². The molecule has 0 aliphatic heterocycles. The summed E-state index contributed by atoms with van der Waals surface area (Å²) < 4.78 is 30.0. The van der Waals surface area contributed by atoms with Crippen LogP contribution < -0.4 is 57.1 Å². The number of hydrogen-bond acceptors (Lipinski definition) is 4. The fourth-order valence-electron chi connectivity index (χ4n) is 0.600. The third-order valence-electron chi connectivity index (χ3n) is 1.10. The minimum atomic E-state index is -4.00. The number of rotatable bonds is 5. The Kier molecular flexibility index (Phi) is 11.1. The van der Waals surface area contributed by atoms with Crippen LogP contribution in [0.1, 0.15) is 19.3 Å². The molecule has 2 N–H and O–H groups in total. The van der Waals surface area contributed by atoms with Crippen molar-refractivity contribution in [3.8, 4) is 0 Å². The zero-order valence-corrected chi connectivity index (χ0v) is 10.7. The summed E-state index contributed by atoms with van der Waals surface area (Å²) in [6, 6.07) is 0. The molecule has 0 heterocycles. The predicted molar refractivity (Wildman–Crippen MR) is 37.5 cm³/mol. The van der Waals surface area contributed by atoms with E-state index < -0.39 is 10.1 Å². The van der Waals surface area contributed by atoms with Gasteiger partial charge in [-0.3, -0.25) is 0 Å². The maximum absolute atomic E-state index is 10.0. The molecule has 0 aliphatic rings. The molecule has 0 atom stereocenters. The zero-order chi connectivity index (χ0) is 8.04. The first-order valence-electron chi connectivity index (χ1n) is 3.20. The van der Waals surface area contributed by atoms with Crippen molar-refractivity contribution in [1.29, 1.82) is 0 Å². The van der Waals surface area contributed by atoms with Gasteiger partial charge in [-0.1, -0.05) is 6.42 Å². The standard InChI is InChI=1S/C5H13NO3S.K/c6-4-2-1-3-5-10(7,8)9;/h1-6H2,(H,7,8,9);/q;+1/p-1. The molecular weight excluding hydrogens is 193 g/mol. The summed E-state index contributed by atoms with van der Waals surface area (Å²) in [6.07, 6.45) is 1.94. The first-order chi connectivity index (χ1) is 4.56. The van der Waals surface area contributed by atoms with E-state index in [4.69, 9.17) is 5.73 Å². The van der Waals surface area contributed by atoms with Crippen LogP contribution in [-0.4, -0.2) is 25.3 Å². The summed E-state index contributed by atoms with van der Waals surface area (Å²) in [5, 5.41) is 0. The second-order valence-corrected chi connectivity index (χ2v) is 3.63. The van der Waals surface area contributed by atoms with Crippen LogP contribution in [0.4, 0.5) is 0 Å². The molecule has 0 aromatic carbocycles. The maximum atomic E-state index is 10.0. The van der Waals surface area contributed by atoms with Crippen LogP contribution in [0.2, 0.25) is 0 Å². The number of nitrogens with two attached hydrogens (primary N) is 1. The van der Waals surface area contributed by atoms with E-state index in [0.717, 1.165) is 12.8 Å². The van der Waals surface area contributed by atoms with Crippen LogP contribution in [-0.2, 0) is 10.1 Å². The normalized spacial score (nSPS) is 10.7. The van der Waals surface area contributed by atoms with Gasteiger partial charge in [-0.25, -0.2) is 8.42 Å². The molecule has 0 bridgehead atoms. The van der Waals surface area contributed by atoms with Crippen molar-refractivity contribution in [2.75, 3.05) is 12.3 Å². The zero-order valence-electron chi connectivity index (χ0n) is 6.75. The Balaban J connectivity index is 0. The van der Waals surface area contributed by atoms with E-state index in [0.29, 0.717) is 13.0 Å². The van der Waals surface area contributed by atoms with Crippen LogP contribution >= 0.6 is 0 Å². The number of unbranched alkanes of at least 4 members (excludes halogenated alkanes) is 2.